The van der Waals surface area contributed by atoms with Crippen LogP contribution in [0.5, 0.6) is 0 Å². The van der Waals surface area contributed by atoms with Gasteiger partial charge in [0.05, 0.1) is 14.8 Å². The van der Waals surface area contributed by atoms with Crippen LogP contribution in [-0.2, 0) is 0 Å². The van der Waals surface area contributed by atoms with Gasteiger partial charge in [-0.05, 0) is 23.3 Å². The fourth-order valence-electron chi connectivity index (χ4n) is 2.05. The Morgan fingerprint density at radius 2 is 1.95 bits per heavy atom. The first-order chi connectivity index (χ1) is 10.3. The number of benzene rings is 1. The van der Waals surface area contributed by atoms with Crippen molar-refractivity contribution >= 4 is 46.5 Å². The van der Waals surface area contributed by atoms with Crippen LogP contribution < -0.4 is 0 Å². The highest BCUT2D eigenvalue weighted by atomic mass is 32.2. The van der Waals surface area contributed by atoms with Crippen LogP contribution >= 0.6 is 35.0 Å². The summed E-state index contributed by atoms with van der Waals surface area (Å²) >= 11 is 4.70. The van der Waals surface area contributed by atoms with E-state index in [0.717, 1.165) is 31.7 Å². The van der Waals surface area contributed by atoms with Gasteiger partial charge >= 0.3 is 0 Å². The second kappa shape index (κ2) is 6.64. The summed E-state index contributed by atoms with van der Waals surface area (Å²) in [7, 11) is 0. The van der Waals surface area contributed by atoms with Crippen LogP contribution in [-0.4, -0.2) is 17.2 Å². The molecule has 1 aromatic heterocycles. The summed E-state index contributed by atoms with van der Waals surface area (Å²) in [6, 6.07) is 11.8. The molecule has 0 amide bonds. The van der Waals surface area contributed by atoms with Crippen molar-refractivity contribution in [2.75, 3.05) is 5.75 Å². The number of carbonyl (C=O) groups is 1. The number of fused-ring (bicyclic) bond motifs is 1. The van der Waals surface area contributed by atoms with Crippen molar-refractivity contribution in [3.63, 3.8) is 0 Å². The molecule has 0 aliphatic heterocycles. The van der Waals surface area contributed by atoms with Gasteiger partial charge in [-0.15, -0.1) is 23.1 Å². The van der Waals surface area contributed by atoms with Crippen LogP contribution in [0.25, 0.3) is 0 Å². The molecule has 1 aromatic carbocycles. The van der Waals surface area contributed by atoms with Gasteiger partial charge in [0.1, 0.15) is 0 Å². The van der Waals surface area contributed by atoms with Gasteiger partial charge in [-0.25, -0.2) is 4.40 Å². The van der Waals surface area contributed by atoms with E-state index < -0.39 is 0 Å². The number of nitrogens with zero attached hydrogens (tertiary/aromatic N) is 1. The number of thiophene rings is 1. The molecule has 5 heteroatoms. The van der Waals surface area contributed by atoms with E-state index in [1.54, 1.807) is 23.1 Å². The molecule has 2 nitrogen and oxygen atoms in total. The number of ketones is 1. The molecule has 0 unspecified atom stereocenters. The molecule has 0 fully saturated rings. The summed E-state index contributed by atoms with van der Waals surface area (Å²) in [5.74, 6) is 0.989. The highest BCUT2D eigenvalue weighted by Crippen LogP contribution is 2.31. The number of hydrogen-bond acceptors (Lipinski definition) is 5. The zero-order valence-corrected chi connectivity index (χ0v) is 13.9. The molecule has 0 radical (unpaired) electrons. The molecule has 106 valence electrons. The van der Waals surface area contributed by atoms with Gasteiger partial charge in [0.25, 0.3) is 0 Å². The number of Topliss-reactive ketones (excluding diaryl/α,β-unsaturated/α-hetero) is 1. The first-order valence-corrected chi connectivity index (χ1v) is 9.20. The lowest BCUT2D eigenvalue weighted by Crippen LogP contribution is -2.15. The van der Waals surface area contributed by atoms with Crippen LogP contribution in [0.3, 0.4) is 0 Å². The number of thioether (sulfide) groups is 1. The van der Waals surface area contributed by atoms with Gasteiger partial charge in [-0.1, -0.05) is 37.3 Å². The van der Waals surface area contributed by atoms with Crippen molar-refractivity contribution in [1.82, 2.24) is 0 Å². The second-order valence-electron chi connectivity index (χ2n) is 4.32. The fraction of sp³-hybridized carbons (Fsp3) is 0.125. The molecular formula is C16H13NOS3. The maximum Gasteiger partial charge on any atom is 0.200 e. The minimum atomic E-state index is 0.109. The Morgan fingerprint density at radius 1 is 1.14 bits per heavy atom. The van der Waals surface area contributed by atoms with E-state index >= 15 is 0 Å². The molecule has 1 heterocycles. The highest BCUT2D eigenvalue weighted by Gasteiger charge is 2.23. The largest absolute Gasteiger partial charge is 0.288 e. The Hall–Kier alpha value is -1.30. The van der Waals surface area contributed by atoms with E-state index in [4.69, 9.17) is 0 Å². The molecule has 21 heavy (non-hydrogen) atoms. The van der Waals surface area contributed by atoms with Gasteiger partial charge < -0.3 is 0 Å². The van der Waals surface area contributed by atoms with Gasteiger partial charge in [0.2, 0.25) is 0 Å². The quantitative estimate of drug-likeness (QED) is 0.732. The Balaban J connectivity index is 2.00. The van der Waals surface area contributed by atoms with Crippen molar-refractivity contribution in [3.8, 4) is 0 Å². The van der Waals surface area contributed by atoms with Crippen LogP contribution in [0.15, 0.2) is 61.4 Å². The summed E-state index contributed by atoms with van der Waals surface area (Å²) < 4.78 is 5.78. The molecule has 0 atom stereocenters. The van der Waals surface area contributed by atoms with Gasteiger partial charge in [0, 0.05) is 23.1 Å². The summed E-state index contributed by atoms with van der Waals surface area (Å²) in [6.07, 6.45) is 1.92. The number of rotatable bonds is 4. The van der Waals surface area contributed by atoms with Crippen LogP contribution in [0.4, 0.5) is 0 Å². The van der Waals surface area contributed by atoms with Crippen molar-refractivity contribution in [2.45, 2.75) is 11.1 Å². The average molecular weight is 331 g/mol. The van der Waals surface area contributed by atoms with Crippen molar-refractivity contribution in [3.05, 3.63) is 63.9 Å². The predicted molar refractivity (Wildman–Crippen MR) is 93.7 cm³/mol. The SMILES string of the molecule is CCSC1=CC(=NSc2cccs2)c2ccccc2C1=O. The van der Waals surface area contributed by atoms with E-state index in [2.05, 4.69) is 11.3 Å². The van der Waals surface area contributed by atoms with E-state index in [1.165, 1.54) is 11.9 Å². The summed E-state index contributed by atoms with van der Waals surface area (Å²) in [5, 5.41) is 2.04. The van der Waals surface area contributed by atoms with Crippen LogP contribution in [0.2, 0.25) is 0 Å². The second-order valence-corrected chi connectivity index (χ2v) is 7.63. The molecule has 0 saturated heterocycles. The molecule has 0 N–H and O–H groups in total. The molecule has 1 aliphatic carbocycles. The lowest BCUT2D eigenvalue weighted by atomic mass is 9.94. The lowest BCUT2D eigenvalue weighted by Gasteiger charge is -2.16. The Morgan fingerprint density at radius 3 is 2.67 bits per heavy atom. The lowest BCUT2D eigenvalue weighted by molar-refractivity contribution is 0.104. The average Bonchev–Trinajstić information content (AvgIpc) is 3.02. The third-order valence-corrected chi connectivity index (χ3v) is 5.65. The summed E-state index contributed by atoms with van der Waals surface area (Å²) in [6.45, 7) is 2.05. The van der Waals surface area contributed by atoms with Gasteiger partial charge in [0.15, 0.2) is 5.78 Å². The molecule has 1 aliphatic rings. The van der Waals surface area contributed by atoms with Gasteiger partial charge in [-0.2, -0.15) is 0 Å². The third kappa shape index (κ3) is 3.15. The molecule has 0 spiro atoms. The molecule has 2 aromatic rings. The first-order valence-electron chi connectivity index (χ1n) is 6.56. The topological polar surface area (TPSA) is 29.4 Å². The maximum absolute atomic E-state index is 12.4. The van der Waals surface area contributed by atoms with Crippen molar-refractivity contribution < 1.29 is 4.79 Å². The first kappa shape index (κ1) is 14.6. The number of carbonyl (C=O) groups excluding carboxylic acids is 1. The minimum absolute atomic E-state index is 0.109. The zero-order valence-electron chi connectivity index (χ0n) is 11.4. The van der Waals surface area contributed by atoms with Gasteiger partial charge in [-0.3, -0.25) is 4.79 Å². The Labute approximate surface area is 136 Å². The van der Waals surface area contributed by atoms with E-state index in [9.17, 15) is 4.79 Å². The predicted octanol–water partition coefficient (Wildman–Crippen LogP) is 5.08. The van der Waals surface area contributed by atoms with E-state index in [-0.39, 0.29) is 5.78 Å². The minimum Gasteiger partial charge on any atom is -0.288 e. The third-order valence-electron chi connectivity index (χ3n) is 2.97. The zero-order chi connectivity index (χ0) is 14.7. The van der Waals surface area contributed by atoms with E-state index in [1.807, 2.05) is 47.9 Å². The number of allylic oxidation sites excluding steroid dienone is 2. The Bertz CT molecular complexity index is 717. The van der Waals surface area contributed by atoms with Crippen molar-refractivity contribution in [2.24, 2.45) is 4.40 Å². The monoisotopic (exact) mass is 331 g/mol. The number of hydrogen-bond donors (Lipinski definition) is 0. The Kier molecular flexibility index (Phi) is 4.63. The summed E-state index contributed by atoms with van der Waals surface area (Å²) in [4.78, 5) is 13.2. The van der Waals surface area contributed by atoms with Crippen LogP contribution in [0, 0.1) is 0 Å². The fourth-order valence-corrected chi connectivity index (χ4v) is 4.18. The normalized spacial score (nSPS) is 16.0. The molecular weight excluding hydrogens is 318 g/mol. The molecule has 0 bridgehead atoms. The molecule has 3 rings (SSSR count). The molecule has 0 saturated carbocycles. The standard InChI is InChI=1S/C16H13NOS3/c1-2-19-14-10-13(17-21-15-8-5-9-20-15)11-6-3-4-7-12(11)16(14)18/h3-10H,2H2,1H3. The maximum atomic E-state index is 12.4. The van der Waals surface area contributed by atoms with Crippen molar-refractivity contribution in [1.29, 1.82) is 0 Å². The van der Waals surface area contributed by atoms with E-state index in [0.29, 0.717) is 0 Å². The van der Waals surface area contributed by atoms with Crippen LogP contribution in [0.1, 0.15) is 22.8 Å². The highest BCUT2D eigenvalue weighted by molar-refractivity contribution is 8.04. The smallest absolute Gasteiger partial charge is 0.200 e. The summed E-state index contributed by atoms with van der Waals surface area (Å²) in [5.41, 5.74) is 2.55.